The Hall–Kier alpha value is -2.62. The van der Waals surface area contributed by atoms with Gasteiger partial charge in [0, 0.05) is 41.8 Å². The standard InChI is InChI=1S/C21H26ClN5O3S/c1-14(2)9-11-23-31(29,30)25-20(28)8-6-18-15(3)24-26(4)21(18)27-12-10-16-13-17(22)5-7-19(16)27/h5-8,10,12-14,23H,9,11H2,1-4H3,(H,25,28). The van der Waals surface area contributed by atoms with Crippen molar-refractivity contribution >= 4 is 44.7 Å². The molecule has 1 amide bonds. The summed E-state index contributed by atoms with van der Waals surface area (Å²) >= 11 is 6.09. The zero-order valence-corrected chi connectivity index (χ0v) is 19.5. The lowest BCUT2D eigenvalue weighted by molar-refractivity contribution is -0.114. The van der Waals surface area contributed by atoms with E-state index in [4.69, 9.17) is 11.6 Å². The molecule has 0 saturated heterocycles. The van der Waals surface area contributed by atoms with Crippen LogP contribution in [0.1, 0.15) is 31.5 Å². The lowest BCUT2D eigenvalue weighted by atomic mass is 10.1. The Morgan fingerprint density at radius 2 is 2.03 bits per heavy atom. The number of nitrogens with one attached hydrogen (secondary N) is 2. The van der Waals surface area contributed by atoms with Gasteiger partial charge < -0.3 is 4.57 Å². The zero-order chi connectivity index (χ0) is 22.8. The van der Waals surface area contributed by atoms with Crippen molar-refractivity contribution in [2.75, 3.05) is 6.54 Å². The number of carbonyl (C=O) groups is 1. The van der Waals surface area contributed by atoms with Crippen molar-refractivity contribution in [3.8, 4) is 5.82 Å². The Bertz CT molecular complexity index is 1240. The summed E-state index contributed by atoms with van der Waals surface area (Å²) in [5.41, 5.74) is 2.34. The van der Waals surface area contributed by atoms with Gasteiger partial charge in [-0.25, -0.2) is 4.72 Å². The number of rotatable bonds is 8. The molecule has 8 nitrogen and oxygen atoms in total. The van der Waals surface area contributed by atoms with E-state index in [1.165, 1.54) is 6.08 Å². The number of hydrogen-bond acceptors (Lipinski definition) is 4. The SMILES string of the molecule is Cc1nn(C)c(-n2ccc3cc(Cl)ccc32)c1C=CC(=O)NS(=O)(=O)NCCC(C)C. The van der Waals surface area contributed by atoms with Gasteiger partial charge in [0.15, 0.2) is 0 Å². The Balaban J connectivity index is 1.84. The van der Waals surface area contributed by atoms with Crippen LogP contribution in [0.5, 0.6) is 0 Å². The lowest BCUT2D eigenvalue weighted by Crippen LogP contribution is -2.40. The number of nitrogens with zero attached hydrogens (tertiary/aromatic N) is 3. The van der Waals surface area contributed by atoms with Crippen LogP contribution in [0.4, 0.5) is 0 Å². The van der Waals surface area contributed by atoms with Crippen LogP contribution in [0, 0.1) is 12.8 Å². The summed E-state index contributed by atoms with van der Waals surface area (Å²) < 4.78 is 32.1. The van der Waals surface area contributed by atoms with Gasteiger partial charge in [-0.15, -0.1) is 0 Å². The molecule has 0 unspecified atom stereocenters. The number of aryl methyl sites for hydroxylation is 2. The van der Waals surface area contributed by atoms with E-state index in [2.05, 4.69) is 9.82 Å². The largest absolute Gasteiger partial charge is 0.301 e. The third-order valence-electron chi connectivity index (χ3n) is 4.77. The third-order valence-corrected chi connectivity index (χ3v) is 6.06. The summed E-state index contributed by atoms with van der Waals surface area (Å²) in [6.07, 6.45) is 5.34. The van der Waals surface area contributed by atoms with Gasteiger partial charge in [-0.2, -0.15) is 18.2 Å². The van der Waals surface area contributed by atoms with Crippen LogP contribution in [0.3, 0.4) is 0 Å². The van der Waals surface area contributed by atoms with E-state index in [9.17, 15) is 13.2 Å². The Morgan fingerprint density at radius 3 is 2.74 bits per heavy atom. The highest BCUT2D eigenvalue weighted by Crippen LogP contribution is 2.27. The van der Waals surface area contributed by atoms with Crippen LogP contribution in [0.25, 0.3) is 22.8 Å². The number of carbonyl (C=O) groups excluding carboxylic acids is 1. The maximum absolute atomic E-state index is 12.2. The Labute approximate surface area is 187 Å². The lowest BCUT2D eigenvalue weighted by Gasteiger charge is -2.09. The fourth-order valence-corrected chi connectivity index (χ4v) is 4.26. The first-order valence-corrected chi connectivity index (χ1v) is 11.7. The van der Waals surface area contributed by atoms with Crippen LogP contribution in [-0.4, -0.2) is 35.2 Å². The van der Waals surface area contributed by atoms with Gasteiger partial charge >= 0.3 is 10.2 Å². The van der Waals surface area contributed by atoms with Crippen molar-refractivity contribution in [2.24, 2.45) is 13.0 Å². The maximum atomic E-state index is 12.2. The first-order valence-electron chi connectivity index (χ1n) is 9.87. The third kappa shape index (κ3) is 5.55. The molecular weight excluding hydrogens is 438 g/mol. The second kappa shape index (κ2) is 9.25. The Morgan fingerprint density at radius 1 is 1.29 bits per heavy atom. The number of amides is 1. The average molecular weight is 464 g/mol. The molecule has 2 heterocycles. The first-order chi connectivity index (χ1) is 14.6. The van der Waals surface area contributed by atoms with Gasteiger partial charge in [0.1, 0.15) is 5.82 Å². The monoisotopic (exact) mass is 463 g/mol. The molecule has 31 heavy (non-hydrogen) atoms. The van der Waals surface area contributed by atoms with E-state index in [-0.39, 0.29) is 6.54 Å². The molecule has 0 atom stereocenters. The van der Waals surface area contributed by atoms with E-state index in [1.54, 1.807) is 10.8 Å². The Kier molecular flexibility index (Phi) is 6.88. The molecule has 0 aliphatic carbocycles. The molecule has 10 heteroatoms. The summed E-state index contributed by atoms with van der Waals surface area (Å²) in [4.78, 5) is 12.2. The molecule has 1 aromatic carbocycles. The predicted octanol–water partition coefficient (Wildman–Crippen LogP) is 3.34. The number of fused-ring (bicyclic) bond motifs is 1. The van der Waals surface area contributed by atoms with Crippen LogP contribution in [-0.2, 0) is 22.1 Å². The summed E-state index contributed by atoms with van der Waals surface area (Å²) in [5, 5.41) is 6.07. The quantitative estimate of drug-likeness (QED) is 0.500. The first kappa shape index (κ1) is 23.1. The minimum absolute atomic E-state index is 0.264. The predicted molar refractivity (Wildman–Crippen MR) is 123 cm³/mol. The van der Waals surface area contributed by atoms with Gasteiger partial charge in [0.25, 0.3) is 5.91 Å². The summed E-state index contributed by atoms with van der Waals surface area (Å²) in [6, 6.07) is 7.54. The smallest absolute Gasteiger partial charge is 0.301 e. The van der Waals surface area contributed by atoms with Gasteiger partial charge in [-0.05, 0) is 49.6 Å². The number of aromatic nitrogens is 3. The normalized spacial score (nSPS) is 12.3. The average Bonchev–Trinajstić information content (AvgIpc) is 3.18. The fraction of sp³-hybridized carbons (Fsp3) is 0.333. The molecule has 2 aromatic heterocycles. The van der Waals surface area contributed by atoms with Crippen LogP contribution in [0.2, 0.25) is 5.02 Å². The minimum Gasteiger partial charge on any atom is -0.301 e. The van der Waals surface area contributed by atoms with Crippen molar-refractivity contribution in [1.82, 2.24) is 23.8 Å². The topological polar surface area (TPSA) is 98.0 Å². The van der Waals surface area contributed by atoms with Crippen molar-refractivity contribution in [1.29, 1.82) is 0 Å². The highest BCUT2D eigenvalue weighted by molar-refractivity contribution is 7.88. The van der Waals surface area contributed by atoms with Crippen LogP contribution >= 0.6 is 11.6 Å². The fourth-order valence-electron chi connectivity index (χ4n) is 3.28. The highest BCUT2D eigenvalue weighted by Gasteiger charge is 2.16. The number of hydrogen-bond donors (Lipinski definition) is 2. The molecule has 0 fully saturated rings. The van der Waals surface area contributed by atoms with E-state index < -0.39 is 16.1 Å². The molecule has 2 N–H and O–H groups in total. The maximum Gasteiger partial charge on any atom is 0.301 e. The van der Waals surface area contributed by atoms with Crippen molar-refractivity contribution in [3.05, 3.63) is 52.8 Å². The summed E-state index contributed by atoms with van der Waals surface area (Å²) in [6.45, 7) is 6.08. The molecule has 0 spiro atoms. The van der Waals surface area contributed by atoms with Crippen LogP contribution < -0.4 is 9.44 Å². The van der Waals surface area contributed by atoms with Crippen molar-refractivity contribution < 1.29 is 13.2 Å². The van der Waals surface area contributed by atoms with Gasteiger partial charge in [-0.1, -0.05) is 25.4 Å². The number of halogens is 1. The van der Waals surface area contributed by atoms with Crippen molar-refractivity contribution in [2.45, 2.75) is 27.2 Å². The van der Waals surface area contributed by atoms with Crippen LogP contribution in [0.15, 0.2) is 36.5 Å². The molecule has 166 valence electrons. The summed E-state index contributed by atoms with van der Waals surface area (Å²) in [5.74, 6) is 0.359. The summed E-state index contributed by atoms with van der Waals surface area (Å²) in [7, 11) is -2.10. The molecule has 0 saturated carbocycles. The van der Waals surface area contributed by atoms with E-state index >= 15 is 0 Å². The van der Waals surface area contributed by atoms with Gasteiger partial charge in [0.2, 0.25) is 0 Å². The minimum atomic E-state index is -3.91. The molecular formula is C21H26ClN5O3S. The second-order valence-electron chi connectivity index (χ2n) is 7.72. The molecule has 0 aliphatic heterocycles. The molecule has 3 aromatic rings. The van der Waals surface area contributed by atoms with Gasteiger partial charge in [-0.3, -0.25) is 9.48 Å². The molecule has 0 bridgehead atoms. The van der Waals surface area contributed by atoms with E-state index in [1.807, 2.05) is 67.6 Å². The molecule has 0 aliphatic rings. The van der Waals surface area contributed by atoms with Gasteiger partial charge in [0.05, 0.1) is 11.2 Å². The van der Waals surface area contributed by atoms with E-state index in [0.717, 1.165) is 16.7 Å². The second-order valence-corrected chi connectivity index (χ2v) is 9.65. The van der Waals surface area contributed by atoms with E-state index in [0.29, 0.717) is 28.6 Å². The number of benzene rings is 1. The molecule has 0 radical (unpaired) electrons. The zero-order valence-electron chi connectivity index (χ0n) is 17.9. The van der Waals surface area contributed by atoms with Crippen molar-refractivity contribution in [3.63, 3.8) is 0 Å². The molecule has 3 rings (SSSR count). The highest BCUT2D eigenvalue weighted by atomic mass is 35.5.